The molecule has 0 unspecified atom stereocenters. The summed E-state index contributed by atoms with van der Waals surface area (Å²) in [5.41, 5.74) is 5.28. The van der Waals surface area contributed by atoms with Crippen molar-refractivity contribution in [1.82, 2.24) is 5.32 Å². The fourth-order valence-electron chi connectivity index (χ4n) is 2.19. The zero-order valence-corrected chi connectivity index (χ0v) is 11.1. The summed E-state index contributed by atoms with van der Waals surface area (Å²) in [6.45, 7) is 5.05. The number of hydrogen-bond acceptors (Lipinski definition) is 3. The van der Waals surface area contributed by atoms with Gasteiger partial charge in [0.25, 0.3) is 0 Å². The van der Waals surface area contributed by atoms with Gasteiger partial charge >= 0.3 is 0 Å². The molecular formula is C13H26N2O2. The molecule has 0 bridgehead atoms. The number of rotatable bonds is 7. The van der Waals surface area contributed by atoms with Gasteiger partial charge in [0.05, 0.1) is 18.2 Å². The molecule has 4 heteroatoms. The zero-order valence-electron chi connectivity index (χ0n) is 11.1. The minimum absolute atomic E-state index is 0.0579. The van der Waals surface area contributed by atoms with Crippen LogP contribution in [-0.2, 0) is 9.53 Å². The number of nitrogens with one attached hydrogen (secondary N) is 1. The van der Waals surface area contributed by atoms with Crippen LogP contribution < -0.4 is 11.1 Å². The average molecular weight is 242 g/mol. The van der Waals surface area contributed by atoms with Crippen LogP contribution in [0, 0.1) is 0 Å². The molecule has 0 atom stereocenters. The van der Waals surface area contributed by atoms with Crippen LogP contribution in [-0.4, -0.2) is 30.7 Å². The molecule has 0 spiro atoms. The van der Waals surface area contributed by atoms with E-state index in [-0.39, 0.29) is 5.91 Å². The van der Waals surface area contributed by atoms with E-state index in [0.717, 1.165) is 0 Å². The van der Waals surface area contributed by atoms with Crippen LogP contribution in [0.4, 0.5) is 0 Å². The molecule has 0 saturated heterocycles. The van der Waals surface area contributed by atoms with Crippen molar-refractivity contribution >= 4 is 5.91 Å². The van der Waals surface area contributed by atoms with Crippen LogP contribution in [0.25, 0.3) is 0 Å². The number of ether oxygens (including phenoxy) is 1. The van der Waals surface area contributed by atoms with Gasteiger partial charge in [0, 0.05) is 6.54 Å². The standard InChI is InChI=1S/C13H26N2O2/c1-3-13(14,4-2)12(16)15-9-10-17-11-7-5-6-8-11/h11H,3-10,14H2,1-2H3,(H,15,16). The molecule has 1 aliphatic carbocycles. The molecule has 1 aliphatic rings. The molecule has 0 aromatic carbocycles. The predicted molar refractivity (Wildman–Crippen MR) is 68.7 cm³/mol. The Balaban J connectivity index is 2.14. The first-order valence-electron chi connectivity index (χ1n) is 6.81. The van der Waals surface area contributed by atoms with Gasteiger partial charge in [-0.15, -0.1) is 0 Å². The molecule has 100 valence electrons. The Morgan fingerprint density at radius 2 is 1.94 bits per heavy atom. The lowest BCUT2D eigenvalue weighted by atomic mass is 9.93. The average Bonchev–Trinajstić information content (AvgIpc) is 2.86. The summed E-state index contributed by atoms with van der Waals surface area (Å²) < 4.78 is 5.68. The van der Waals surface area contributed by atoms with E-state index >= 15 is 0 Å². The molecule has 0 aromatic heterocycles. The van der Waals surface area contributed by atoms with Gasteiger partial charge in [-0.3, -0.25) is 4.79 Å². The van der Waals surface area contributed by atoms with Crippen LogP contribution in [0.2, 0.25) is 0 Å². The summed E-state index contributed by atoms with van der Waals surface area (Å²) in [7, 11) is 0. The van der Waals surface area contributed by atoms with Crippen LogP contribution >= 0.6 is 0 Å². The van der Waals surface area contributed by atoms with Crippen molar-refractivity contribution in [3.05, 3.63) is 0 Å². The molecular weight excluding hydrogens is 216 g/mol. The Labute approximate surface area is 104 Å². The molecule has 1 amide bonds. The van der Waals surface area contributed by atoms with Crippen molar-refractivity contribution in [1.29, 1.82) is 0 Å². The lowest BCUT2D eigenvalue weighted by Crippen LogP contribution is -2.53. The minimum Gasteiger partial charge on any atom is -0.376 e. The molecule has 0 heterocycles. The summed E-state index contributed by atoms with van der Waals surface area (Å²) in [4.78, 5) is 11.8. The maximum absolute atomic E-state index is 11.8. The second-order valence-electron chi connectivity index (χ2n) is 4.90. The third-order valence-electron chi connectivity index (χ3n) is 3.76. The Morgan fingerprint density at radius 1 is 1.35 bits per heavy atom. The second-order valence-corrected chi connectivity index (χ2v) is 4.90. The van der Waals surface area contributed by atoms with Gasteiger partial charge < -0.3 is 15.8 Å². The third kappa shape index (κ3) is 4.28. The fraction of sp³-hybridized carbons (Fsp3) is 0.923. The van der Waals surface area contributed by atoms with E-state index in [9.17, 15) is 4.79 Å². The minimum atomic E-state index is -0.715. The lowest BCUT2D eigenvalue weighted by molar-refractivity contribution is -0.127. The Hall–Kier alpha value is -0.610. The zero-order chi connectivity index (χ0) is 12.7. The molecule has 3 N–H and O–H groups in total. The third-order valence-corrected chi connectivity index (χ3v) is 3.76. The van der Waals surface area contributed by atoms with Gasteiger partial charge in [0.1, 0.15) is 0 Å². The maximum atomic E-state index is 11.8. The molecule has 0 aromatic rings. The number of hydrogen-bond donors (Lipinski definition) is 2. The first-order chi connectivity index (χ1) is 8.12. The fourth-order valence-corrected chi connectivity index (χ4v) is 2.19. The molecule has 4 nitrogen and oxygen atoms in total. The number of carbonyl (C=O) groups excluding carboxylic acids is 1. The van der Waals surface area contributed by atoms with Gasteiger partial charge in [-0.1, -0.05) is 26.7 Å². The molecule has 0 radical (unpaired) electrons. The van der Waals surface area contributed by atoms with E-state index in [1.807, 2.05) is 13.8 Å². The summed E-state index contributed by atoms with van der Waals surface area (Å²) in [6.07, 6.45) is 6.62. The summed E-state index contributed by atoms with van der Waals surface area (Å²) in [5, 5.41) is 2.86. The van der Waals surface area contributed by atoms with E-state index < -0.39 is 5.54 Å². The lowest BCUT2D eigenvalue weighted by Gasteiger charge is -2.25. The van der Waals surface area contributed by atoms with E-state index in [1.165, 1.54) is 25.7 Å². The highest BCUT2D eigenvalue weighted by Gasteiger charge is 2.29. The van der Waals surface area contributed by atoms with Gasteiger partial charge in [0.15, 0.2) is 0 Å². The smallest absolute Gasteiger partial charge is 0.240 e. The summed E-state index contributed by atoms with van der Waals surface area (Å²) in [5.74, 6) is -0.0579. The topological polar surface area (TPSA) is 64.4 Å². The van der Waals surface area contributed by atoms with Crippen LogP contribution in [0.1, 0.15) is 52.4 Å². The molecule has 0 aliphatic heterocycles. The van der Waals surface area contributed by atoms with E-state index in [4.69, 9.17) is 10.5 Å². The first kappa shape index (κ1) is 14.5. The summed E-state index contributed by atoms with van der Waals surface area (Å²) in [6, 6.07) is 0. The van der Waals surface area contributed by atoms with Crippen molar-refractivity contribution in [2.75, 3.05) is 13.2 Å². The number of carbonyl (C=O) groups is 1. The van der Waals surface area contributed by atoms with Crippen molar-refractivity contribution in [2.45, 2.75) is 64.0 Å². The van der Waals surface area contributed by atoms with E-state index in [2.05, 4.69) is 5.32 Å². The normalized spacial score (nSPS) is 17.4. The predicted octanol–water partition coefficient (Wildman–Crippen LogP) is 1.58. The quantitative estimate of drug-likeness (QED) is 0.666. The van der Waals surface area contributed by atoms with E-state index in [0.29, 0.717) is 32.1 Å². The van der Waals surface area contributed by atoms with Crippen molar-refractivity contribution in [3.8, 4) is 0 Å². The maximum Gasteiger partial charge on any atom is 0.240 e. The van der Waals surface area contributed by atoms with Crippen molar-refractivity contribution < 1.29 is 9.53 Å². The van der Waals surface area contributed by atoms with Crippen molar-refractivity contribution in [3.63, 3.8) is 0 Å². The monoisotopic (exact) mass is 242 g/mol. The molecule has 17 heavy (non-hydrogen) atoms. The first-order valence-corrected chi connectivity index (χ1v) is 6.81. The Morgan fingerprint density at radius 3 is 2.47 bits per heavy atom. The van der Waals surface area contributed by atoms with Gasteiger partial charge in [0.2, 0.25) is 5.91 Å². The van der Waals surface area contributed by atoms with Crippen LogP contribution in [0.15, 0.2) is 0 Å². The summed E-state index contributed by atoms with van der Waals surface area (Å²) >= 11 is 0. The highest BCUT2D eigenvalue weighted by Crippen LogP contribution is 2.20. The van der Waals surface area contributed by atoms with Gasteiger partial charge in [-0.2, -0.15) is 0 Å². The Bertz CT molecular complexity index is 234. The van der Waals surface area contributed by atoms with E-state index in [1.54, 1.807) is 0 Å². The highest BCUT2D eigenvalue weighted by atomic mass is 16.5. The highest BCUT2D eigenvalue weighted by molar-refractivity contribution is 5.85. The SMILES string of the molecule is CCC(N)(CC)C(=O)NCCOC1CCCC1. The van der Waals surface area contributed by atoms with Crippen molar-refractivity contribution in [2.24, 2.45) is 5.73 Å². The largest absolute Gasteiger partial charge is 0.376 e. The molecule has 1 rings (SSSR count). The van der Waals surface area contributed by atoms with Gasteiger partial charge in [-0.25, -0.2) is 0 Å². The van der Waals surface area contributed by atoms with Crippen LogP contribution in [0.5, 0.6) is 0 Å². The van der Waals surface area contributed by atoms with Crippen LogP contribution in [0.3, 0.4) is 0 Å². The Kier molecular flexibility index (Phi) is 5.92. The number of amides is 1. The van der Waals surface area contributed by atoms with Gasteiger partial charge in [-0.05, 0) is 25.7 Å². The molecule has 1 saturated carbocycles. The number of nitrogens with two attached hydrogens (primary N) is 1. The molecule has 1 fully saturated rings. The second kappa shape index (κ2) is 6.97.